The van der Waals surface area contributed by atoms with Crippen LogP contribution in [0.1, 0.15) is 29.8 Å². The molecule has 2 N–H and O–H groups in total. The molecule has 1 aliphatic heterocycles. The van der Waals surface area contributed by atoms with Crippen LogP contribution in [-0.4, -0.2) is 74.5 Å². The number of methoxy groups -OCH3 is 4. The Kier molecular flexibility index (Phi) is 7.43. The van der Waals surface area contributed by atoms with Crippen molar-refractivity contribution in [3.05, 3.63) is 47.7 Å². The third kappa shape index (κ3) is 5.20. The largest absolute Gasteiger partial charge is 0.497 e. The van der Waals surface area contributed by atoms with Gasteiger partial charge in [0, 0.05) is 28.8 Å². The summed E-state index contributed by atoms with van der Waals surface area (Å²) in [6.07, 6.45) is 0.486. The van der Waals surface area contributed by atoms with Crippen LogP contribution < -0.4 is 24.3 Å². The molecule has 1 fully saturated rings. The minimum atomic E-state index is -1.21. The fourth-order valence-electron chi connectivity index (χ4n) is 4.54. The third-order valence-electron chi connectivity index (χ3n) is 6.50. The van der Waals surface area contributed by atoms with Crippen LogP contribution in [0.3, 0.4) is 0 Å². The summed E-state index contributed by atoms with van der Waals surface area (Å²) in [5.74, 6) is 0.533. The first-order chi connectivity index (χ1) is 18.0. The van der Waals surface area contributed by atoms with E-state index in [0.29, 0.717) is 45.0 Å². The molecule has 2 heterocycles. The van der Waals surface area contributed by atoms with Crippen molar-refractivity contribution in [3.8, 4) is 23.0 Å². The molecular formula is C27H32N2O9. The van der Waals surface area contributed by atoms with Gasteiger partial charge in [0.05, 0.1) is 53.7 Å². The van der Waals surface area contributed by atoms with E-state index in [4.69, 9.17) is 28.4 Å². The van der Waals surface area contributed by atoms with Gasteiger partial charge in [-0.25, -0.2) is 4.79 Å². The summed E-state index contributed by atoms with van der Waals surface area (Å²) < 4.78 is 35.1. The Morgan fingerprint density at radius 1 is 0.974 bits per heavy atom. The highest BCUT2D eigenvalue weighted by Gasteiger charge is 2.42. The quantitative estimate of drug-likeness (QED) is 0.400. The average Bonchev–Trinajstić information content (AvgIpc) is 3.25. The molecule has 1 amide bonds. The second kappa shape index (κ2) is 10.4. The normalized spacial score (nSPS) is 16.1. The minimum Gasteiger partial charge on any atom is -0.497 e. The molecule has 38 heavy (non-hydrogen) atoms. The number of carbonyl (C=O) groups excluding carboxylic acids is 1. The summed E-state index contributed by atoms with van der Waals surface area (Å²) in [6.45, 7) is 3.82. The van der Waals surface area contributed by atoms with Crippen LogP contribution in [0.5, 0.6) is 23.0 Å². The summed E-state index contributed by atoms with van der Waals surface area (Å²) in [4.78, 5) is 25.6. The van der Waals surface area contributed by atoms with Crippen molar-refractivity contribution in [2.24, 2.45) is 0 Å². The number of nitrogens with zero attached hydrogens (tertiary/aromatic N) is 1. The minimum absolute atomic E-state index is 0.0755. The molecular weight excluding hydrogens is 496 g/mol. The van der Waals surface area contributed by atoms with E-state index in [1.54, 1.807) is 57.5 Å². The smallest absolute Gasteiger partial charge is 0.405 e. The second-order valence-corrected chi connectivity index (χ2v) is 9.48. The van der Waals surface area contributed by atoms with Crippen molar-refractivity contribution in [1.29, 1.82) is 0 Å². The van der Waals surface area contributed by atoms with E-state index in [0.717, 1.165) is 0 Å². The number of nitrogens with one attached hydrogen (secondary N) is 1. The lowest BCUT2D eigenvalue weighted by atomic mass is 10.00. The second-order valence-electron chi connectivity index (χ2n) is 9.48. The fraction of sp³-hybridized carbons (Fsp3) is 0.407. The first-order valence-corrected chi connectivity index (χ1v) is 11.9. The number of hydrogen-bond acceptors (Lipinski definition) is 8. The number of fused-ring (bicyclic) bond motifs is 1. The van der Waals surface area contributed by atoms with Crippen LogP contribution in [0.4, 0.5) is 4.79 Å². The molecule has 0 aliphatic carbocycles. The standard InChI is InChI=1S/C27H32N2O9/c1-26(2)37-14-27(15-38-26,28-25(31)32)13-29-12-19(18-8-7-17(33-3)11-20(18)29)23(30)16-9-21(34-4)24(36-6)22(10-16)35-5/h7-12,28H,13-15H2,1-6H3,(H,31,32). The highest BCUT2D eigenvalue weighted by atomic mass is 16.7. The summed E-state index contributed by atoms with van der Waals surface area (Å²) >= 11 is 0. The monoisotopic (exact) mass is 528 g/mol. The molecule has 0 bridgehead atoms. The van der Waals surface area contributed by atoms with Crippen LogP contribution >= 0.6 is 0 Å². The first kappa shape index (κ1) is 27.1. The van der Waals surface area contributed by atoms with E-state index in [2.05, 4.69) is 5.32 Å². The van der Waals surface area contributed by atoms with E-state index < -0.39 is 17.4 Å². The first-order valence-electron chi connectivity index (χ1n) is 11.9. The topological polar surface area (TPSA) is 127 Å². The predicted octanol–water partition coefficient (Wildman–Crippen LogP) is 3.70. The van der Waals surface area contributed by atoms with Crippen LogP contribution in [-0.2, 0) is 16.0 Å². The maximum absolute atomic E-state index is 13.8. The van der Waals surface area contributed by atoms with Crippen molar-refractivity contribution in [2.45, 2.75) is 31.7 Å². The summed E-state index contributed by atoms with van der Waals surface area (Å²) in [5.41, 5.74) is 0.319. The molecule has 0 spiro atoms. The fourth-order valence-corrected chi connectivity index (χ4v) is 4.54. The molecule has 0 saturated carbocycles. The molecule has 1 aromatic heterocycles. The Balaban J connectivity index is 1.82. The lowest BCUT2D eigenvalue weighted by Crippen LogP contribution is -2.62. The van der Waals surface area contributed by atoms with E-state index in [9.17, 15) is 14.7 Å². The number of carboxylic acid groups (broad SMARTS) is 1. The summed E-state index contributed by atoms with van der Waals surface area (Å²) in [6, 6.07) is 8.54. The Hall–Kier alpha value is -3.96. The molecule has 1 saturated heterocycles. The Morgan fingerprint density at radius 3 is 2.13 bits per heavy atom. The average molecular weight is 529 g/mol. The molecule has 204 valence electrons. The Morgan fingerprint density at radius 2 is 1.61 bits per heavy atom. The van der Waals surface area contributed by atoms with E-state index >= 15 is 0 Å². The van der Waals surface area contributed by atoms with Gasteiger partial charge in [-0.2, -0.15) is 0 Å². The number of aromatic nitrogens is 1. The maximum atomic E-state index is 13.8. The predicted molar refractivity (Wildman–Crippen MR) is 138 cm³/mol. The zero-order valence-corrected chi connectivity index (χ0v) is 22.2. The van der Waals surface area contributed by atoms with Gasteiger partial charge in [0.1, 0.15) is 11.3 Å². The molecule has 11 nitrogen and oxygen atoms in total. The van der Waals surface area contributed by atoms with Gasteiger partial charge in [0.25, 0.3) is 0 Å². The number of benzene rings is 2. The summed E-state index contributed by atoms with van der Waals surface area (Å²) in [7, 11) is 6.00. The Bertz CT molecular complexity index is 1330. The lowest BCUT2D eigenvalue weighted by Gasteiger charge is -2.43. The maximum Gasteiger partial charge on any atom is 0.405 e. The van der Waals surface area contributed by atoms with Gasteiger partial charge >= 0.3 is 6.09 Å². The van der Waals surface area contributed by atoms with Crippen molar-refractivity contribution in [3.63, 3.8) is 0 Å². The van der Waals surface area contributed by atoms with E-state index in [1.165, 1.54) is 21.3 Å². The van der Waals surface area contributed by atoms with Crippen LogP contribution in [0.25, 0.3) is 10.9 Å². The van der Waals surface area contributed by atoms with Gasteiger partial charge < -0.3 is 43.4 Å². The zero-order valence-electron chi connectivity index (χ0n) is 22.2. The molecule has 0 unspecified atom stereocenters. The SMILES string of the molecule is COc1ccc2c(C(=O)c3cc(OC)c(OC)c(OC)c3)cn(CC3(NC(=O)O)COC(C)(C)OC3)c2c1. The number of hydrogen-bond donors (Lipinski definition) is 2. The van der Waals surface area contributed by atoms with Crippen LogP contribution in [0.15, 0.2) is 36.5 Å². The summed E-state index contributed by atoms with van der Waals surface area (Å²) in [5, 5.41) is 12.8. The number of amides is 1. The van der Waals surface area contributed by atoms with Gasteiger partial charge in [-0.1, -0.05) is 0 Å². The molecule has 1 aliphatic rings. The van der Waals surface area contributed by atoms with Gasteiger partial charge in [0.2, 0.25) is 5.75 Å². The molecule has 11 heteroatoms. The number of ether oxygens (including phenoxy) is 6. The van der Waals surface area contributed by atoms with Gasteiger partial charge in [-0.15, -0.1) is 0 Å². The van der Waals surface area contributed by atoms with E-state index in [-0.39, 0.29) is 25.5 Å². The van der Waals surface area contributed by atoms with Crippen molar-refractivity contribution >= 4 is 22.8 Å². The Labute approximate surface area is 220 Å². The molecule has 0 radical (unpaired) electrons. The van der Waals surface area contributed by atoms with Crippen LogP contribution in [0, 0.1) is 0 Å². The van der Waals surface area contributed by atoms with Crippen molar-refractivity contribution < 1.29 is 43.1 Å². The van der Waals surface area contributed by atoms with Crippen LogP contribution in [0.2, 0.25) is 0 Å². The van der Waals surface area contributed by atoms with Gasteiger partial charge in [-0.05, 0) is 38.1 Å². The van der Waals surface area contributed by atoms with Gasteiger partial charge in [0.15, 0.2) is 23.1 Å². The van der Waals surface area contributed by atoms with Crippen molar-refractivity contribution in [1.82, 2.24) is 9.88 Å². The highest BCUT2D eigenvalue weighted by molar-refractivity contribution is 6.17. The number of rotatable bonds is 9. The number of ketones is 1. The third-order valence-corrected chi connectivity index (χ3v) is 6.50. The van der Waals surface area contributed by atoms with Crippen molar-refractivity contribution in [2.75, 3.05) is 41.7 Å². The molecule has 4 rings (SSSR count). The lowest BCUT2D eigenvalue weighted by molar-refractivity contribution is -0.271. The number of carbonyl (C=O) groups is 2. The van der Waals surface area contributed by atoms with E-state index in [1.807, 2.05) is 4.57 Å². The zero-order chi connectivity index (χ0) is 27.7. The van der Waals surface area contributed by atoms with Gasteiger partial charge in [-0.3, -0.25) is 4.79 Å². The molecule has 0 atom stereocenters. The highest BCUT2D eigenvalue weighted by Crippen LogP contribution is 2.39. The molecule has 2 aromatic carbocycles. The molecule has 3 aromatic rings.